The molecule has 0 heteroatoms. The molecule has 0 amide bonds. The first-order chi connectivity index (χ1) is 19.1. The van der Waals surface area contributed by atoms with Crippen molar-refractivity contribution >= 4 is 17.2 Å². The molecule has 0 heterocycles. The quantitative estimate of drug-likeness (QED) is 0.207. The summed E-state index contributed by atoms with van der Waals surface area (Å²) < 4.78 is 0. The van der Waals surface area contributed by atoms with Crippen LogP contribution in [0.4, 0.5) is 0 Å². The van der Waals surface area contributed by atoms with E-state index >= 15 is 0 Å². The molecule has 200 valence electrons. The lowest BCUT2D eigenvalue weighted by Crippen LogP contribution is -2.16. The van der Waals surface area contributed by atoms with E-state index in [1.165, 1.54) is 66.8 Å². The lowest BCUT2D eigenvalue weighted by atomic mass is 9.76. The molecule has 0 saturated carbocycles. The number of allylic oxidation sites excluding steroid dienone is 4. The van der Waals surface area contributed by atoms with Crippen LogP contribution in [0.15, 0.2) is 103 Å². The summed E-state index contributed by atoms with van der Waals surface area (Å²) in [5.74, 6) is 0. The first kappa shape index (κ1) is 26.3. The van der Waals surface area contributed by atoms with Gasteiger partial charge in [0.25, 0.3) is 0 Å². The Bertz CT molecular complexity index is 1620. The van der Waals surface area contributed by atoms with Crippen LogP contribution in [0.25, 0.3) is 28.3 Å². The smallest absolute Gasteiger partial charge is 0.000727 e. The molecule has 2 aliphatic rings. The molecule has 0 fully saturated rings. The van der Waals surface area contributed by atoms with Gasteiger partial charge in [-0.1, -0.05) is 139 Å². The Labute approximate surface area is 240 Å². The third kappa shape index (κ3) is 4.81. The van der Waals surface area contributed by atoms with Gasteiger partial charge in [-0.05, 0) is 103 Å². The van der Waals surface area contributed by atoms with Crippen LogP contribution < -0.4 is 0 Å². The van der Waals surface area contributed by atoms with Crippen LogP contribution in [0, 0.1) is 0 Å². The van der Waals surface area contributed by atoms with Crippen LogP contribution in [-0.2, 0) is 17.3 Å². The molecule has 6 rings (SSSR count). The van der Waals surface area contributed by atoms with E-state index in [-0.39, 0.29) is 10.8 Å². The molecule has 0 nitrogen and oxygen atoms in total. The minimum Gasteiger partial charge on any atom is -0.0801 e. The average molecular weight is 521 g/mol. The first-order valence-electron chi connectivity index (χ1n) is 14.6. The van der Waals surface area contributed by atoms with E-state index < -0.39 is 0 Å². The molecule has 0 unspecified atom stereocenters. The number of hydrogen-bond donors (Lipinski definition) is 0. The van der Waals surface area contributed by atoms with Crippen molar-refractivity contribution in [2.75, 3.05) is 0 Å². The Morgan fingerprint density at radius 1 is 0.700 bits per heavy atom. The molecule has 0 spiro atoms. The molecule has 2 aliphatic carbocycles. The predicted octanol–water partition coefficient (Wildman–Crippen LogP) is 10.8. The minimum absolute atomic E-state index is 0.000428. The minimum atomic E-state index is 0.000428. The highest BCUT2D eigenvalue weighted by Crippen LogP contribution is 2.48. The highest BCUT2D eigenvalue weighted by molar-refractivity contribution is 5.98. The Morgan fingerprint density at radius 3 is 1.90 bits per heavy atom. The summed E-state index contributed by atoms with van der Waals surface area (Å²) in [6.07, 6.45) is 11.3. The second-order valence-electron chi connectivity index (χ2n) is 13.4. The van der Waals surface area contributed by atoms with Crippen molar-refractivity contribution in [3.8, 4) is 11.1 Å². The summed E-state index contributed by atoms with van der Waals surface area (Å²) >= 11 is 0. The van der Waals surface area contributed by atoms with Gasteiger partial charge in [-0.3, -0.25) is 0 Å². The van der Waals surface area contributed by atoms with E-state index in [4.69, 9.17) is 0 Å². The van der Waals surface area contributed by atoms with Crippen molar-refractivity contribution in [1.82, 2.24) is 0 Å². The van der Waals surface area contributed by atoms with Crippen LogP contribution in [0.5, 0.6) is 0 Å². The average Bonchev–Trinajstić information content (AvgIpc) is 3.59. The van der Waals surface area contributed by atoms with Crippen LogP contribution in [0.2, 0.25) is 0 Å². The van der Waals surface area contributed by atoms with Gasteiger partial charge in [-0.2, -0.15) is 0 Å². The fourth-order valence-corrected chi connectivity index (χ4v) is 6.26. The molecule has 40 heavy (non-hydrogen) atoms. The highest BCUT2D eigenvalue weighted by atomic mass is 14.3. The SMILES string of the molecule is CC(C)(C)c1ccc2c(c1)-c1cc(C(C)(C)C)c(C3=CC=CC3)c(C=C(c3ccccc3)c3ccccc3)c1C2. The van der Waals surface area contributed by atoms with Gasteiger partial charge >= 0.3 is 0 Å². The molecule has 0 atom stereocenters. The Hall–Kier alpha value is -3.90. The standard InChI is InChI=1S/C40H40/c1-39(2,3)31-22-21-30-23-34-35(33(30)24-31)26-37(40(4,5)6)38(29-19-13-14-20-29)36(34)25-32(27-15-9-7-10-16-27)28-17-11-8-12-18-28/h7-19,21-22,24-26H,20,23H2,1-6H3. The molecular weight excluding hydrogens is 480 g/mol. The normalized spacial score (nSPS) is 14.1. The molecule has 0 radical (unpaired) electrons. The largest absolute Gasteiger partial charge is 0.0801 e. The summed E-state index contributed by atoms with van der Waals surface area (Å²) in [6, 6.07) is 31.5. The van der Waals surface area contributed by atoms with Crippen LogP contribution in [0.1, 0.15) is 92.5 Å². The molecule has 4 aromatic rings. The second-order valence-corrected chi connectivity index (χ2v) is 13.4. The molecule has 0 N–H and O–H groups in total. The fourth-order valence-electron chi connectivity index (χ4n) is 6.26. The zero-order chi connectivity index (χ0) is 28.1. The summed E-state index contributed by atoms with van der Waals surface area (Å²) in [4.78, 5) is 0. The third-order valence-electron chi connectivity index (χ3n) is 8.47. The maximum Gasteiger partial charge on any atom is -0.000727 e. The fraction of sp³-hybridized carbons (Fsp3) is 0.250. The molecular formula is C40H40. The van der Waals surface area contributed by atoms with Crippen LogP contribution >= 0.6 is 0 Å². The Balaban J connectivity index is 1.70. The summed E-state index contributed by atoms with van der Waals surface area (Å²) in [7, 11) is 0. The van der Waals surface area contributed by atoms with Gasteiger partial charge in [0.1, 0.15) is 0 Å². The van der Waals surface area contributed by atoms with E-state index in [0.29, 0.717) is 0 Å². The van der Waals surface area contributed by atoms with Crippen molar-refractivity contribution in [3.63, 3.8) is 0 Å². The first-order valence-corrected chi connectivity index (χ1v) is 14.6. The second kappa shape index (κ2) is 9.93. The van der Waals surface area contributed by atoms with Gasteiger partial charge in [0.15, 0.2) is 0 Å². The molecule has 0 aliphatic heterocycles. The van der Waals surface area contributed by atoms with E-state index in [2.05, 4.69) is 151 Å². The Kier molecular flexibility index (Phi) is 6.54. The van der Waals surface area contributed by atoms with Gasteiger partial charge in [0.05, 0.1) is 0 Å². The van der Waals surface area contributed by atoms with Gasteiger partial charge in [-0.25, -0.2) is 0 Å². The lowest BCUT2D eigenvalue weighted by molar-refractivity contribution is 0.588. The van der Waals surface area contributed by atoms with Gasteiger partial charge in [-0.15, -0.1) is 0 Å². The molecule has 4 aromatic carbocycles. The van der Waals surface area contributed by atoms with Gasteiger partial charge in [0.2, 0.25) is 0 Å². The van der Waals surface area contributed by atoms with E-state index in [1.807, 2.05) is 0 Å². The van der Waals surface area contributed by atoms with Gasteiger partial charge < -0.3 is 0 Å². The topological polar surface area (TPSA) is 0 Å². The monoisotopic (exact) mass is 520 g/mol. The van der Waals surface area contributed by atoms with Gasteiger partial charge in [0, 0.05) is 0 Å². The van der Waals surface area contributed by atoms with Crippen LogP contribution in [-0.4, -0.2) is 0 Å². The number of benzene rings is 4. The van der Waals surface area contributed by atoms with E-state index in [1.54, 1.807) is 0 Å². The number of rotatable bonds is 4. The van der Waals surface area contributed by atoms with Crippen molar-refractivity contribution in [3.05, 3.63) is 148 Å². The number of fused-ring (bicyclic) bond motifs is 3. The van der Waals surface area contributed by atoms with Crippen molar-refractivity contribution in [2.45, 2.75) is 65.2 Å². The summed E-state index contributed by atoms with van der Waals surface area (Å²) in [5, 5.41) is 0. The molecule has 0 bridgehead atoms. The summed E-state index contributed by atoms with van der Waals surface area (Å²) in [5.41, 5.74) is 16.7. The number of hydrogen-bond acceptors (Lipinski definition) is 0. The molecule has 0 aromatic heterocycles. The maximum atomic E-state index is 2.53. The molecule has 0 saturated heterocycles. The van der Waals surface area contributed by atoms with E-state index in [9.17, 15) is 0 Å². The maximum absolute atomic E-state index is 2.53. The predicted molar refractivity (Wildman–Crippen MR) is 174 cm³/mol. The van der Waals surface area contributed by atoms with Crippen molar-refractivity contribution < 1.29 is 0 Å². The lowest BCUT2D eigenvalue weighted by Gasteiger charge is -2.28. The third-order valence-corrected chi connectivity index (χ3v) is 8.47. The zero-order valence-corrected chi connectivity index (χ0v) is 24.8. The zero-order valence-electron chi connectivity index (χ0n) is 24.8. The highest BCUT2D eigenvalue weighted by Gasteiger charge is 2.31. The summed E-state index contributed by atoms with van der Waals surface area (Å²) in [6.45, 7) is 14.0. The van der Waals surface area contributed by atoms with Crippen LogP contribution in [0.3, 0.4) is 0 Å². The van der Waals surface area contributed by atoms with E-state index in [0.717, 1.165) is 12.8 Å². The Morgan fingerprint density at radius 2 is 1.35 bits per heavy atom. The van der Waals surface area contributed by atoms with Crippen molar-refractivity contribution in [2.24, 2.45) is 0 Å². The van der Waals surface area contributed by atoms with Crippen molar-refractivity contribution in [1.29, 1.82) is 0 Å².